The summed E-state index contributed by atoms with van der Waals surface area (Å²) in [5.74, 6) is 0. The summed E-state index contributed by atoms with van der Waals surface area (Å²) in [6, 6.07) is 8.47. The predicted molar refractivity (Wildman–Crippen MR) is 71.5 cm³/mol. The van der Waals surface area contributed by atoms with E-state index in [1.807, 2.05) is 19.1 Å². The first-order valence-electron chi connectivity index (χ1n) is 5.80. The Kier molecular flexibility index (Phi) is 6.69. The fraction of sp³-hybridized carbons (Fsp3) is 0.538. The molecule has 0 bridgehead atoms. The molecule has 2 nitrogen and oxygen atoms in total. The van der Waals surface area contributed by atoms with E-state index in [0.29, 0.717) is 0 Å². The monoisotopic (exact) mass is 285 g/mol. The standard InChI is InChI=1S/C13H20BrNO/c1-2-16-9-5-7-12(15)10-11-6-3-4-8-13(11)14/h3-4,6,8,12H,2,5,7,9-10,15H2,1H3. The minimum Gasteiger partial charge on any atom is -0.382 e. The SMILES string of the molecule is CCOCCCC(N)Cc1ccccc1Br. The molecule has 3 heteroatoms. The van der Waals surface area contributed by atoms with Crippen molar-refractivity contribution >= 4 is 15.9 Å². The predicted octanol–water partition coefficient (Wildman–Crippen LogP) is 3.14. The molecule has 0 heterocycles. The highest BCUT2D eigenvalue weighted by molar-refractivity contribution is 9.10. The summed E-state index contributed by atoms with van der Waals surface area (Å²) < 4.78 is 6.44. The third-order valence-corrected chi connectivity index (χ3v) is 3.28. The van der Waals surface area contributed by atoms with Gasteiger partial charge < -0.3 is 10.5 Å². The third kappa shape index (κ3) is 5.10. The average Bonchev–Trinajstić information content (AvgIpc) is 2.28. The van der Waals surface area contributed by atoms with Gasteiger partial charge in [-0.1, -0.05) is 34.1 Å². The lowest BCUT2D eigenvalue weighted by Gasteiger charge is -2.12. The molecule has 0 amide bonds. The van der Waals surface area contributed by atoms with E-state index in [0.717, 1.165) is 36.9 Å². The summed E-state index contributed by atoms with van der Waals surface area (Å²) in [4.78, 5) is 0. The molecule has 0 radical (unpaired) electrons. The molecule has 0 aliphatic rings. The Labute approximate surface area is 106 Å². The Morgan fingerprint density at radius 2 is 2.12 bits per heavy atom. The molecule has 1 aromatic rings. The molecule has 2 N–H and O–H groups in total. The number of nitrogens with two attached hydrogens (primary N) is 1. The number of hydrogen-bond donors (Lipinski definition) is 1. The van der Waals surface area contributed by atoms with E-state index in [1.165, 1.54) is 5.56 Å². The average molecular weight is 286 g/mol. The maximum absolute atomic E-state index is 6.08. The smallest absolute Gasteiger partial charge is 0.0466 e. The molecule has 0 saturated carbocycles. The molecular weight excluding hydrogens is 266 g/mol. The summed E-state index contributed by atoms with van der Waals surface area (Å²) in [5, 5.41) is 0. The van der Waals surface area contributed by atoms with Crippen molar-refractivity contribution in [3.05, 3.63) is 34.3 Å². The molecule has 0 spiro atoms. The molecule has 1 aromatic carbocycles. The van der Waals surface area contributed by atoms with E-state index in [-0.39, 0.29) is 6.04 Å². The van der Waals surface area contributed by atoms with Crippen LogP contribution >= 0.6 is 15.9 Å². The van der Waals surface area contributed by atoms with Gasteiger partial charge in [-0.15, -0.1) is 0 Å². The fourth-order valence-electron chi connectivity index (χ4n) is 1.64. The third-order valence-electron chi connectivity index (χ3n) is 2.51. The fourth-order valence-corrected chi connectivity index (χ4v) is 2.09. The van der Waals surface area contributed by atoms with Gasteiger partial charge >= 0.3 is 0 Å². The van der Waals surface area contributed by atoms with E-state index in [1.54, 1.807) is 0 Å². The minimum absolute atomic E-state index is 0.221. The van der Waals surface area contributed by atoms with Gasteiger partial charge in [0.15, 0.2) is 0 Å². The van der Waals surface area contributed by atoms with Crippen LogP contribution in [0.5, 0.6) is 0 Å². The van der Waals surface area contributed by atoms with Crippen LogP contribution in [0.4, 0.5) is 0 Å². The zero-order chi connectivity index (χ0) is 11.8. The van der Waals surface area contributed by atoms with Crippen LogP contribution in [0.15, 0.2) is 28.7 Å². The molecule has 16 heavy (non-hydrogen) atoms. The van der Waals surface area contributed by atoms with E-state index >= 15 is 0 Å². The molecule has 0 saturated heterocycles. The second-order valence-electron chi connectivity index (χ2n) is 3.89. The highest BCUT2D eigenvalue weighted by Crippen LogP contribution is 2.17. The van der Waals surface area contributed by atoms with Crippen LogP contribution in [0.3, 0.4) is 0 Å². The molecule has 90 valence electrons. The van der Waals surface area contributed by atoms with Gasteiger partial charge in [0.25, 0.3) is 0 Å². The van der Waals surface area contributed by atoms with E-state index in [9.17, 15) is 0 Å². The number of halogens is 1. The van der Waals surface area contributed by atoms with Crippen molar-refractivity contribution in [3.63, 3.8) is 0 Å². The summed E-state index contributed by atoms with van der Waals surface area (Å²) >= 11 is 3.54. The second kappa shape index (κ2) is 7.82. The van der Waals surface area contributed by atoms with Gasteiger partial charge in [-0.05, 0) is 37.8 Å². The topological polar surface area (TPSA) is 35.2 Å². The van der Waals surface area contributed by atoms with Crippen LogP contribution in [0.1, 0.15) is 25.3 Å². The van der Waals surface area contributed by atoms with Gasteiger partial charge in [-0.2, -0.15) is 0 Å². The largest absolute Gasteiger partial charge is 0.382 e. The van der Waals surface area contributed by atoms with Crippen LogP contribution in [-0.2, 0) is 11.2 Å². The van der Waals surface area contributed by atoms with Crippen molar-refractivity contribution < 1.29 is 4.74 Å². The molecule has 0 aliphatic heterocycles. The Morgan fingerprint density at radius 3 is 2.81 bits per heavy atom. The molecule has 0 fully saturated rings. The van der Waals surface area contributed by atoms with Crippen LogP contribution in [0, 0.1) is 0 Å². The lowest BCUT2D eigenvalue weighted by Crippen LogP contribution is -2.23. The van der Waals surface area contributed by atoms with Gasteiger partial charge in [0.05, 0.1) is 0 Å². The van der Waals surface area contributed by atoms with Crippen LogP contribution < -0.4 is 5.73 Å². The summed E-state index contributed by atoms with van der Waals surface area (Å²) in [7, 11) is 0. The maximum atomic E-state index is 6.08. The second-order valence-corrected chi connectivity index (χ2v) is 4.75. The van der Waals surface area contributed by atoms with Crippen molar-refractivity contribution in [3.8, 4) is 0 Å². The van der Waals surface area contributed by atoms with Gasteiger partial charge in [-0.3, -0.25) is 0 Å². The highest BCUT2D eigenvalue weighted by atomic mass is 79.9. The van der Waals surface area contributed by atoms with Crippen molar-refractivity contribution in [1.82, 2.24) is 0 Å². The zero-order valence-electron chi connectivity index (χ0n) is 9.79. The van der Waals surface area contributed by atoms with Gasteiger partial charge in [0.1, 0.15) is 0 Å². The normalized spacial score (nSPS) is 12.7. The first-order chi connectivity index (χ1) is 7.74. The first kappa shape index (κ1) is 13.7. The first-order valence-corrected chi connectivity index (χ1v) is 6.60. The van der Waals surface area contributed by atoms with Crippen molar-refractivity contribution in [2.75, 3.05) is 13.2 Å². The Morgan fingerprint density at radius 1 is 1.38 bits per heavy atom. The van der Waals surface area contributed by atoms with E-state index < -0.39 is 0 Å². The highest BCUT2D eigenvalue weighted by Gasteiger charge is 2.06. The number of hydrogen-bond acceptors (Lipinski definition) is 2. The maximum Gasteiger partial charge on any atom is 0.0466 e. The lowest BCUT2D eigenvalue weighted by molar-refractivity contribution is 0.142. The quantitative estimate of drug-likeness (QED) is 0.782. The Bertz CT molecular complexity index is 304. The van der Waals surface area contributed by atoms with Crippen molar-refractivity contribution in [2.45, 2.75) is 32.2 Å². The van der Waals surface area contributed by atoms with Crippen molar-refractivity contribution in [2.24, 2.45) is 5.73 Å². The molecule has 1 atom stereocenters. The Hall–Kier alpha value is -0.380. The number of benzene rings is 1. The van der Waals surface area contributed by atoms with E-state index in [2.05, 4.69) is 28.1 Å². The number of rotatable bonds is 7. The molecule has 0 aliphatic carbocycles. The summed E-state index contributed by atoms with van der Waals surface area (Å²) in [6.07, 6.45) is 2.98. The van der Waals surface area contributed by atoms with Crippen molar-refractivity contribution in [1.29, 1.82) is 0 Å². The number of ether oxygens (including phenoxy) is 1. The van der Waals surface area contributed by atoms with Crippen LogP contribution in [0.25, 0.3) is 0 Å². The molecule has 0 aromatic heterocycles. The van der Waals surface area contributed by atoms with Gasteiger partial charge in [0, 0.05) is 23.7 Å². The van der Waals surface area contributed by atoms with E-state index in [4.69, 9.17) is 10.5 Å². The van der Waals surface area contributed by atoms with Gasteiger partial charge in [0.2, 0.25) is 0 Å². The molecule has 1 rings (SSSR count). The zero-order valence-corrected chi connectivity index (χ0v) is 11.4. The summed E-state index contributed by atoms with van der Waals surface area (Å²) in [5.41, 5.74) is 7.36. The Balaban J connectivity index is 2.28. The van der Waals surface area contributed by atoms with Crippen LogP contribution in [0.2, 0.25) is 0 Å². The van der Waals surface area contributed by atoms with Gasteiger partial charge in [-0.25, -0.2) is 0 Å². The summed E-state index contributed by atoms with van der Waals surface area (Å²) in [6.45, 7) is 3.63. The minimum atomic E-state index is 0.221. The van der Waals surface area contributed by atoms with Crippen LogP contribution in [-0.4, -0.2) is 19.3 Å². The lowest BCUT2D eigenvalue weighted by atomic mass is 10.0. The molecule has 1 unspecified atom stereocenters. The molecular formula is C13H20BrNO.